The van der Waals surface area contributed by atoms with Crippen molar-refractivity contribution in [1.82, 2.24) is 19.5 Å². The summed E-state index contributed by atoms with van der Waals surface area (Å²) in [5, 5.41) is 8.33. The summed E-state index contributed by atoms with van der Waals surface area (Å²) in [5.41, 5.74) is 7.22. The van der Waals surface area contributed by atoms with Crippen LogP contribution in [0.5, 0.6) is 0 Å². The minimum absolute atomic E-state index is 0.711. The van der Waals surface area contributed by atoms with Crippen molar-refractivity contribution in [3.63, 3.8) is 0 Å². The van der Waals surface area contributed by atoms with Crippen molar-refractivity contribution in [2.24, 2.45) is 0 Å². The standard InChI is InChI=1S/C11H15N5O/c12-9-1-2-16-10(7-9)13-14-11(16)8-15-3-5-17-6-4-15/h1-2,7H,3-6,8,12H2. The normalized spacial score (nSPS) is 17.6. The Morgan fingerprint density at radius 1 is 1.29 bits per heavy atom. The predicted molar refractivity (Wildman–Crippen MR) is 63.5 cm³/mol. The quantitative estimate of drug-likeness (QED) is 0.799. The van der Waals surface area contributed by atoms with Crippen LogP contribution in [0.4, 0.5) is 5.69 Å². The second kappa shape index (κ2) is 4.31. The highest BCUT2D eigenvalue weighted by molar-refractivity contribution is 5.51. The van der Waals surface area contributed by atoms with Crippen LogP contribution in [0.25, 0.3) is 5.65 Å². The smallest absolute Gasteiger partial charge is 0.162 e. The molecule has 0 radical (unpaired) electrons. The van der Waals surface area contributed by atoms with Crippen molar-refractivity contribution < 1.29 is 4.74 Å². The zero-order valence-electron chi connectivity index (χ0n) is 9.54. The fourth-order valence-electron chi connectivity index (χ4n) is 2.02. The second-order valence-electron chi connectivity index (χ2n) is 4.19. The molecule has 6 heteroatoms. The highest BCUT2D eigenvalue weighted by Gasteiger charge is 2.14. The van der Waals surface area contributed by atoms with E-state index in [1.807, 2.05) is 22.7 Å². The third kappa shape index (κ3) is 2.09. The molecule has 0 bridgehead atoms. The zero-order valence-corrected chi connectivity index (χ0v) is 9.54. The van der Waals surface area contributed by atoms with Gasteiger partial charge in [0.15, 0.2) is 11.5 Å². The molecule has 1 saturated heterocycles. The van der Waals surface area contributed by atoms with Crippen LogP contribution in [-0.4, -0.2) is 45.8 Å². The van der Waals surface area contributed by atoms with Gasteiger partial charge in [0.05, 0.1) is 19.8 Å². The van der Waals surface area contributed by atoms with Crippen LogP contribution in [-0.2, 0) is 11.3 Å². The maximum absolute atomic E-state index is 5.71. The van der Waals surface area contributed by atoms with E-state index in [0.29, 0.717) is 5.69 Å². The van der Waals surface area contributed by atoms with E-state index in [9.17, 15) is 0 Å². The molecule has 2 N–H and O–H groups in total. The van der Waals surface area contributed by atoms with Gasteiger partial charge in [-0.3, -0.25) is 9.30 Å². The molecule has 3 rings (SSSR count). The Morgan fingerprint density at radius 3 is 2.94 bits per heavy atom. The van der Waals surface area contributed by atoms with Crippen molar-refractivity contribution in [2.45, 2.75) is 6.54 Å². The minimum Gasteiger partial charge on any atom is -0.399 e. The second-order valence-corrected chi connectivity index (χ2v) is 4.19. The molecule has 3 heterocycles. The molecule has 0 aromatic carbocycles. The first-order chi connectivity index (χ1) is 8.33. The van der Waals surface area contributed by atoms with Gasteiger partial charge in [-0.1, -0.05) is 0 Å². The Morgan fingerprint density at radius 2 is 2.12 bits per heavy atom. The molecule has 2 aromatic rings. The minimum atomic E-state index is 0.711. The number of fused-ring (bicyclic) bond motifs is 1. The van der Waals surface area contributed by atoms with Crippen LogP contribution in [0.1, 0.15) is 5.82 Å². The molecule has 0 aliphatic carbocycles. The summed E-state index contributed by atoms with van der Waals surface area (Å²) in [6, 6.07) is 3.69. The Hall–Kier alpha value is -1.66. The van der Waals surface area contributed by atoms with Gasteiger partial charge in [-0.2, -0.15) is 0 Å². The first-order valence-electron chi connectivity index (χ1n) is 5.72. The largest absolute Gasteiger partial charge is 0.399 e. The Bertz CT molecular complexity index is 518. The number of nitrogen functional groups attached to an aromatic ring is 1. The van der Waals surface area contributed by atoms with Crippen molar-refractivity contribution >= 4 is 11.3 Å². The monoisotopic (exact) mass is 233 g/mol. The molecule has 1 aliphatic heterocycles. The van der Waals surface area contributed by atoms with Crippen LogP contribution < -0.4 is 5.73 Å². The summed E-state index contributed by atoms with van der Waals surface area (Å²) >= 11 is 0. The van der Waals surface area contributed by atoms with E-state index < -0.39 is 0 Å². The van der Waals surface area contributed by atoms with Crippen molar-refractivity contribution in [2.75, 3.05) is 32.0 Å². The number of hydrogen-bond acceptors (Lipinski definition) is 5. The topological polar surface area (TPSA) is 68.7 Å². The van der Waals surface area contributed by atoms with Gasteiger partial charge in [-0.25, -0.2) is 0 Å². The lowest BCUT2D eigenvalue weighted by molar-refractivity contribution is 0.0329. The van der Waals surface area contributed by atoms with Crippen LogP contribution in [0.3, 0.4) is 0 Å². The van der Waals surface area contributed by atoms with Crippen LogP contribution in [0.2, 0.25) is 0 Å². The van der Waals surface area contributed by atoms with E-state index in [4.69, 9.17) is 10.5 Å². The first kappa shape index (κ1) is 10.5. The van der Waals surface area contributed by atoms with Gasteiger partial charge in [0.1, 0.15) is 0 Å². The number of anilines is 1. The van der Waals surface area contributed by atoms with E-state index in [1.54, 1.807) is 0 Å². The first-order valence-corrected chi connectivity index (χ1v) is 5.72. The number of aromatic nitrogens is 3. The molecular formula is C11H15N5O. The molecule has 0 amide bonds. The average molecular weight is 233 g/mol. The summed E-state index contributed by atoms with van der Waals surface area (Å²) < 4.78 is 7.30. The number of pyridine rings is 1. The lowest BCUT2D eigenvalue weighted by Gasteiger charge is -2.25. The number of rotatable bonds is 2. The van der Waals surface area contributed by atoms with Crippen LogP contribution in [0, 0.1) is 0 Å². The summed E-state index contributed by atoms with van der Waals surface area (Å²) in [6.45, 7) is 4.29. The molecule has 17 heavy (non-hydrogen) atoms. The molecule has 0 atom stereocenters. The highest BCUT2D eigenvalue weighted by atomic mass is 16.5. The molecule has 0 unspecified atom stereocenters. The summed E-state index contributed by atoms with van der Waals surface area (Å²) in [4.78, 5) is 2.32. The van der Waals surface area contributed by atoms with Gasteiger partial charge in [0.25, 0.3) is 0 Å². The molecule has 6 nitrogen and oxygen atoms in total. The molecule has 90 valence electrons. The van der Waals surface area contributed by atoms with Gasteiger partial charge >= 0.3 is 0 Å². The maximum Gasteiger partial charge on any atom is 0.162 e. The van der Waals surface area contributed by atoms with Gasteiger partial charge < -0.3 is 10.5 Å². The Balaban J connectivity index is 1.84. The number of hydrogen-bond donors (Lipinski definition) is 1. The van der Waals surface area contributed by atoms with E-state index in [0.717, 1.165) is 44.3 Å². The van der Waals surface area contributed by atoms with Crippen LogP contribution >= 0.6 is 0 Å². The van der Waals surface area contributed by atoms with E-state index in [-0.39, 0.29) is 0 Å². The zero-order chi connectivity index (χ0) is 11.7. The fraction of sp³-hybridized carbons (Fsp3) is 0.455. The van der Waals surface area contributed by atoms with Crippen LogP contribution in [0.15, 0.2) is 18.3 Å². The van der Waals surface area contributed by atoms with E-state index in [1.165, 1.54) is 0 Å². The number of nitrogens with zero attached hydrogens (tertiary/aromatic N) is 4. The number of ether oxygens (including phenoxy) is 1. The lowest BCUT2D eigenvalue weighted by atomic mass is 10.4. The van der Waals surface area contributed by atoms with Crippen molar-refractivity contribution in [3.05, 3.63) is 24.2 Å². The number of morpholine rings is 1. The Kier molecular flexibility index (Phi) is 2.66. The average Bonchev–Trinajstić information content (AvgIpc) is 2.73. The molecular weight excluding hydrogens is 218 g/mol. The highest BCUT2D eigenvalue weighted by Crippen LogP contribution is 2.10. The molecule has 0 spiro atoms. The summed E-state index contributed by atoms with van der Waals surface area (Å²) in [7, 11) is 0. The van der Waals surface area contributed by atoms with Crippen molar-refractivity contribution in [1.29, 1.82) is 0 Å². The number of nitrogens with two attached hydrogens (primary N) is 1. The third-order valence-electron chi connectivity index (χ3n) is 2.97. The van der Waals surface area contributed by atoms with Gasteiger partial charge in [-0.05, 0) is 6.07 Å². The van der Waals surface area contributed by atoms with Gasteiger partial charge in [0, 0.05) is 31.0 Å². The predicted octanol–water partition coefficient (Wildman–Crippen LogP) is 0.144. The van der Waals surface area contributed by atoms with Gasteiger partial charge in [0.2, 0.25) is 0 Å². The fourth-order valence-corrected chi connectivity index (χ4v) is 2.02. The third-order valence-corrected chi connectivity index (χ3v) is 2.97. The maximum atomic E-state index is 5.71. The summed E-state index contributed by atoms with van der Waals surface area (Å²) in [6.07, 6.45) is 1.92. The summed E-state index contributed by atoms with van der Waals surface area (Å²) in [5.74, 6) is 0.946. The SMILES string of the molecule is Nc1ccn2c(CN3CCOCC3)nnc2c1. The van der Waals surface area contributed by atoms with E-state index in [2.05, 4.69) is 15.1 Å². The Labute approximate surface area is 99.0 Å². The molecule has 0 saturated carbocycles. The van der Waals surface area contributed by atoms with Crippen molar-refractivity contribution in [3.8, 4) is 0 Å². The molecule has 2 aromatic heterocycles. The molecule has 1 fully saturated rings. The van der Waals surface area contributed by atoms with Gasteiger partial charge in [-0.15, -0.1) is 10.2 Å². The molecule has 1 aliphatic rings. The lowest BCUT2D eigenvalue weighted by Crippen LogP contribution is -2.36. The van der Waals surface area contributed by atoms with E-state index >= 15 is 0 Å².